The van der Waals surface area contributed by atoms with Crippen LogP contribution in [0.25, 0.3) is 5.76 Å². The van der Waals surface area contributed by atoms with Crippen molar-refractivity contribution in [3.05, 3.63) is 59.2 Å². The molecule has 0 radical (unpaired) electrons. The second kappa shape index (κ2) is 10.4. The number of amides is 1. The van der Waals surface area contributed by atoms with Crippen LogP contribution in [0.3, 0.4) is 0 Å². The zero-order valence-corrected chi connectivity index (χ0v) is 19.6. The summed E-state index contributed by atoms with van der Waals surface area (Å²) in [4.78, 5) is 29.8. The van der Waals surface area contributed by atoms with E-state index in [2.05, 4.69) is 0 Å². The van der Waals surface area contributed by atoms with Gasteiger partial charge in [0.1, 0.15) is 23.0 Å². The summed E-state index contributed by atoms with van der Waals surface area (Å²) < 4.78 is 16.1. The molecule has 0 saturated carbocycles. The monoisotopic (exact) mass is 454 g/mol. The molecule has 1 heterocycles. The van der Waals surface area contributed by atoms with Gasteiger partial charge in [0, 0.05) is 17.7 Å². The van der Waals surface area contributed by atoms with Crippen molar-refractivity contribution in [1.82, 2.24) is 9.80 Å². The maximum absolute atomic E-state index is 13.2. The summed E-state index contributed by atoms with van der Waals surface area (Å²) in [6.07, 6.45) is 0.658. The average Bonchev–Trinajstić information content (AvgIpc) is 3.07. The molecule has 0 spiro atoms. The molecule has 1 atom stereocenters. The molecule has 0 aliphatic carbocycles. The number of benzene rings is 2. The standard InChI is InChI=1S/C25H30N2O6/c1-26(2)13-6-14-27-22(19-15-18(32-4)11-12-20(19)33-5)21(24(29)25(27)30)23(28)16-7-9-17(31-3)10-8-16/h7-12,15,22,28H,6,13-14H2,1-5H3. The van der Waals surface area contributed by atoms with Gasteiger partial charge in [-0.1, -0.05) is 0 Å². The Balaban J connectivity index is 2.17. The maximum atomic E-state index is 13.2. The molecule has 33 heavy (non-hydrogen) atoms. The highest BCUT2D eigenvalue weighted by molar-refractivity contribution is 6.46. The molecule has 1 saturated heterocycles. The van der Waals surface area contributed by atoms with Crippen molar-refractivity contribution in [3.63, 3.8) is 0 Å². The molecular weight excluding hydrogens is 424 g/mol. The Morgan fingerprint density at radius 2 is 1.61 bits per heavy atom. The van der Waals surface area contributed by atoms with E-state index >= 15 is 0 Å². The summed E-state index contributed by atoms with van der Waals surface area (Å²) in [7, 11) is 8.49. The predicted molar refractivity (Wildman–Crippen MR) is 125 cm³/mol. The smallest absolute Gasteiger partial charge is 0.295 e. The highest BCUT2D eigenvalue weighted by Crippen LogP contribution is 2.44. The molecule has 0 aromatic heterocycles. The lowest BCUT2D eigenvalue weighted by Gasteiger charge is -2.27. The number of hydrogen-bond acceptors (Lipinski definition) is 7. The van der Waals surface area contributed by atoms with E-state index in [1.165, 1.54) is 19.1 Å². The van der Waals surface area contributed by atoms with Gasteiger partial charge in [0.15, 0.2) is 0 Å². The number of carbonyl (C=O) groups excluding carboxylic acids is 2. The quantitative estimate of drug-likeness (QED) is 0.354. The number of likely N-dealkylation sites (tertiary alicyclic amines) is 1. The van der Waals surface area contributed by atoms with Crippen molar-refractivity contribution < 1.29 is 28.9 Å². The lowest BCUT2D eigenvalue weighted by molar-refractivity contribution is -0.140. The van der Waals surface area contributed by atoms with Gasteiger partial charge in [-0.25, -0.2) is 0 Å². The van der Waals surface area contributed by atoms with E-state index in [9.17, 15) is 14.7 Å². The van der Waals surface area contributed by atoms with Crippen LogP contribution in [0.5, 0.6) is 17.2 Å². The number of aliphatic hydroxyl groups excluding tert-OH is 1. The number of Topliss-reactive ketones (excluding diaryl/α,β-unsaturated/α-hetero) is 1. The fourth-order valence-electron chi connectivity index (χ4n) is 3.95. The minimum atomic E-state index is -0.820. The van der Waals surface area contributed by atoms with Crippen molar-refractivity contribution >= 4 is 17.4 Å². The SMILES string of the molecule is COc1ccc(C(O)=C2C(=O)C(=O)N(CCCN(C)C)C2c2cc(OC)ccc2OC)cc1. The van der Waals surface area contributed by atoms with Gasteiger partial charge in [-0.2, -0.15) is 0 Å². The first-order valence-electron chi connectivity index (χ1n) is 10.6. The van der Waals surface area contributed by atoms with Gasteiger partial charge in [-0.05, 0) is 69.5 Å². The van der Waals surface area contributed by atoms with E-state index in [4.69, 9.17) is 14.2 Å². The Bertz CT molecular complexity index is 1050. The van der Waals surface area contributed by atoms with E-state index in [1.807, 2.05) is 19.0 Å². The Labute approximate surface area is 194 Å². The van der Waals surface area contributed by atoms with Crippen molar-refractivity contribution in [1.29, 1.82) is 0 Å². The summed E-state index contributed by atoms with van der Waals surface area (Å²) in [6, 6.07) is 11.0. The lowest BCUT2D eigenvalue weighted by atomic mass is 9.94. The number of carbonyl (C=O) groups is 2. The van der Waals surface area contributed by atoms with E-state index < -0.39 is 17.7 Å². The fraction of sp³-hybridized carbons (Fsp3) is 0.360. The lowest BCUT2D eigenvalue weighted by Crippen LogP contribution is -2.32. The van der Waals surface area contributed by atoms with Crippen LogP contribution in [0, 0.1) is 0 Å². The number of hydrogen-bond donors (Lipinski definition) is 1. The summed E-state index contributed by atoms with van der Waals surface area (Å²) in [5, 5.41) is 11.2. The summed E-state index contributed by atoms with van der Waals surface area (Å²) in [6.45, 7) is 1.08. The van der Waals surface area contributed by atoms with Gasteiger partial charge < -0.3 is 29.1 Å². The van der Waals surface area contributed by atoms with Crippen molar-refractivity contribution in [3.8, 4) is 17.2 Å². The summed E-state index contributed by atoms with van der Waals surface area (Å²) in [5.41, 5.74) is 0.992. The third-order valence-electron chi connectivity index (χ3n) is 5.64. The Morgan fingerprint density at radius 3 is 2.18 bits per heavy atom. The van der Waals surface area contributed by atoms with Crippen LogP contribution in [0.4, 0.5) is 0 Å². The Kier molecular flexibility index (Phi) is 7.60. The molecule has 2 aromatic rings. The third kappa shape index (κ3) is 4.96. The summed E-state index contributed by atoms with van der Waals surface area (Å²) >= 11 is 0. The molecule has 1 N–H and O–H groups in total. The van der Waals surface area contributed by atoms with Crippen molar-refractivity contribution in [2.45, 2.75) is 12.5 Å². The molecule has 8 heteroatoms. The van der Waals surface area contributed by atoms with Crippen LogP contribution >= 0.6 is 0 Å². The Hall–Kier alpha value is -3.52. The molecular formula is C25H30N2O6. The first-order chi connectivity index (χ1) is 15.8. The minimum absolute atomic E-state index is 0.0153. The van der Waals surface area contributed by atoms with Crippen LogP contribution in [0.15, 0.2) is 48.0 Å². The minimum Gasteiger partial charge on any atom is -0.507 e. The van der Waals surface area contributed by atoms with Gasteiger partial charge in [-0.15, -0.1) is 0 Å². The molecule has 1 unspecified atom stereocenters. The van der Waals surface area contributed by atoms with Crippen LogP contribution in [0.1, 0.15) is 23.6 Å². The number of methoxy groups -OCH3 is 3. The second-order valence-corrected chi connectivity index (χ2v) is 7.99. The van der Waals surface area contributed by atoms with Gasteiger partial charge in [0.05, 0.1) is 32.9 Å². The molecule has 2 aromatic carbocycles. The molecule has 8 nitrogen and oxygen atoms in total. The van der Waals surface area contributed by atoms with Gasteiger partial charge in [0.25, 0.3) is 11.7 Å². The van der Waals surface area contributed by atoms with Crippen LogP contribution in [0.2, 0.25) is 0 Å². The highest BCUT2D eigenvalue weighted by Gasteiger charge is 2.47. The first kappa shape index (κ1) is 24.1. The van der Waals surface area contributed by atoms with Gasteiger partial charge in [0.2, 0.25) is 0 Å². The number of rotatable bonds is 9. The van der Waals surface area contributed by atoms with E-state index in [1.54, 1.807) is 49.6 Å². The highest BCUT2D eigenvalue weighted by atomic mass is 16.5. The van der Waals surface area contributed by atoms with Crippen molar-refractivity contribution in [2.24, 2.45) is 0 Å². The van der Waals surface area contributed by atoms with E-state index in [0.29, 0.717) is 41.3 Å². The molecule has 1 amide bonds. The maximum Gasteiger partial charge on any atom is 0.295 e. The molecule has 176 valence electrons. The third-order valence-corrected chi connectivity index (χ3v) is 5.64. The zero-order valence-electron chi connectivity index (χ0n) is 19.6. The number of aliphatic hydroxyl groups is 1. The second-order valence-electron chi connectivity index (χ2n) is 7.99. The number of nitrogens with zero attached hydrogens (tertiary/aromatic N) is 2. The van der Waals surface area contributed by atoms with Crippen LogP contribution in [-0.4, -0.2) is 75.1 Å². The molecule has 1 fully saturated rings. The topological polar surface area (TPSA) is 88.5 Å². The first-order valence-corrected chi connectivity index (χ1v) is 10.6. The predicted octanol–water partition coefficient (Wildman–Crippen LogP) is 3.09. The van der Waals surface area contributed by atoms with E-state index in [0.717, 1.165) is 6.54 Å². The van der Waals surface area contributed by atoms with Crippen LogP contribution < -0.4 is 14.2 Å². The number of ketones is 1. The Morgan fingerprint density at radius 1 is 0.970 bits per heavy atom. The molecule has 1 aliphatic rings. The average molecular weight is 455 g/mol. The normalized spacial score (nSPS) is 17.5. The van der Waals surface area contributed by atoms with E-state index in [-0.39, 0.29) is 11.3 Å². The zero-order chi connectivity index (χ0) is 24.1. The van der Waals surface area contributed by atoms with Gasteiger partial charge in [-0.3, -0.25) is 9.59 Å². The molecule has 0 bridgehead atoms. The van der Waals surface area contributed by atoms with Crippen molar-refractivity contribution in [2.75, 3.05) is 48.5 Å². The summed E-state index contributed by atoms with van der Waals surface area (Å²) in [5.74, 6) is 0.0134. The van der Waals surface area contributed by atoms with Gasteiger partial charge >= 0.3 is 0 Å². The fourth-order valence-corrected chi connectivity index (χ4v) is 3.95. The van der Waals surface area contributed by atoms with Crippen LogP contribution in [-0.2, 0) is 9.59 Å². The molecule has 1 aliphatic heterocycles. The number of ether oxygens (including phenoxy) is 3. The molecule has 3 rings (SSSR count). The largest absolute Gasteiger partial charge is 0.507 e.